The zero-order valence-electron chi connectivity index (χ0n) is 13.4. The number of carboxylic acid groups (broad SMARTS) is 1. The number of fused-ring (bicyclic) bond motifs is 1. The molecular formula is C19H19NO4. The highest BCUT2D eigenvalue weighted by Crippen LogP contribution is 2.36. The number of rotatable bonds is 6. The average molecular weight is 325 g/mol. The van der Waals surface area contributed by atoms with Crippen molar-refractivity contribution in [2.45, 2.75) is 18.9 Å². The second-order valence-electron chi connectivity index (χ2n) is 5.98. The normalized spacial score (nSPS) is 15.1. The Morgan fingerprint density at radius 3 is 2.54 bits per heavy atom. The van der Waals surface area contributed by atoms with Crippen LogP contribution in [0.2, 0.25) is 0 Å². The molecule has 0 fully saturated rings. The van der Waals surface area contributed by atoms with Crippen LogP contribution < -0.4 is 4.74 Å². The summed E-state index contributed by atoms with van der Waals surface area (Å²) in [7, 11) is 1.80. The van der Waals surface area contributed by atoms with Crippen molar-refractivity contribution in [2.24, 2.45) is 0 Å². The van der Waals surface area contributed by atoms with Crippen molar-refractivity contribution in [1.82, 2.24) is 4.90 Å². The van der Waals surface area contributed by atoms with E-state index in [9.17, 15) is 9.59 Å². The molecule has 0 radical (unpaired) electrons. The number of ether oxygens (including phenoxy) is 1. The van der Waals surface area contributed by atoms with Crippen molar-refractivity contribution in [2.75, 3.05) is 13.7 Å². The maximum absolute atomic E-state index is 12.6. The van der Waals surface area contributed by atoms with Crippen LogP contribution in [0.1, 0.15) is 22.6 Å². The lowest BCUT2D eigenvalue weighted by molar-refractivity contribution is -0.139. The molecule has 0 saturated carbocycles. The van der Waals surface area contributed by atoms with E-state index in [1.807, 2.05) is 30.3 Å². The maximum Gasteiger partial charge on any atom is 0.341 e. The number of hydrogen-bond acceptors (Lipinski definition) is 3. The SMILES string of the molecule is CN(Cc1ccc(OCC(=O)O)cc1)C(=O)C1Cc2ccccc21. The molecule has 0 heterocycles. The number of hydrogen-bond donors (Lipinski definition) is 1. The molecule has 5 nitrogen and oxygen atoms in total. The summed E-state index contributed by atoms with van der Waals surface area (Å²) in [6, 6.07) is 15.2. The Morgan fingerprint density at radius 1 is 1.17 bits per heavy atom. The Kier molecular flexibility index (Phi) is 4.51. The van der Waals surface area contributed by atoms with E-state index in [1.54, 1.807) is 24.1 Å². The number of carboxylic acids is 1. The first-order valence-corrected chi connectivity index (χ1v) is 7.81. The van der Waals surface area contributed by atoms with Gasteiger partial charge < -0.3 is 14.7 Å². The number of amides is 1. The van der Waals surface area contributed by atoms with Crippen molar-refractivity contribution in [3.8, 4) is 5.75 Å². The quantitative estimate of drug-likeness (QED) is 0.886. The topological polar surface area (TPSA) is 66.8 Å². The van der Waals surface area contributed by atoms with Crippen LogP contribution >= 0.6 is 0 Å². The molecule has 3 rings (SSSR count). The molecule has 5 heteroatoms. The fourth-order valence-corrected chi connectivity index (χ4v) is 2.93. The molecule has 1 unspecified atom stereocenters. The molecule has 1 aliphatic rings. The van der Waals surface area contributed by atoms with E-state index in [1.165, 1.54) is 5.56 Å². The van der Waals surface area contributed by atoms with E-state index in [-0.39, 0.29) is 18.4 Å². The van der Waals surface area contributed by atoms with Gasteiger partial charge in [0.1, 0.15) is 5.75 Å². The van der Waals surface area contributed by atoms with Crippen molar-refractivity contribution in [1.29, 1.82) is 0 Å². The number of carbonyl (C=O) groups excluding carboxylic acids is 1. The van der Waals surface area contributed by atoms with Gasteiger partial charge in [0, 0.05) is 13.6 Å². The van der Waals surface area contributed by atoms with Crippen LogP contribution in [0.5, 0.6) is 5.75 Å². The third kappa shape index (κ3) is 3.40. The number of carbonyl (C=O) groups is 2. The summed E-state index contributed by atoms with van der Waals surface area (Å²) in [6.45, 7) is 0.148. The first-order valence-electron chi connectivity index (χ1n) is 7.81. The van der Waals surface area contributed by atoms with E-state index in [0.29, 0.717) is 12.3 Å². The summed E-state index contributed by atoms with van der Waals surface area (Å²) < 4.78 is 5.10. The standard InChI is InChI=1S/C19H19NO4/c1-20(19(23)17-10-14-4-2-3-5-16(14)17)11-13-6-8-15(9-7-13)24-12-18(21)22/h2-9,17H,10-12H2,1H3,(H,21,22). The summed E-state index contributed by atoms with van der Waals surface area (Å²) in [5.41, 5.74) is 3.36. The average Bonchev–Trinajstić information content (AvgIpc) is 2.55. The third-order valence-corrected chi connectivity index (χ3v) is 4.23. The smallest absolute Gasteiger partial charge is 0.341 e. The second kappa shape index (κ2) is 6.74. The minimum absolute atomic E-state index is 0.0376. The van der Waals surface area contributed by atoms with Crippen LogP contribution in [0.25, 0.3) is 0 Å². The Morgan fingerprint density at radius 2 is 1.88 bits per heavy atom. The molecule has 1 N–H and O–H groups in total. The Balaban J connectivity index is 1.58. The van der Waals surface area contributed by atoms with Crippen LogP contribution in [0.4, 0.5) is 0 Å². The molecule has 0 saturated heterocycles. The van der Waals surface area contributed by atoms with Crippen LogP contribution in [0.15, 0.2) is 48.5 Å². The highest BCUT2D eigenvalue weighted by Gasteiger charge is 2.33. The van der Waals surface area contributed by atoms with Gasteiger partial charge in [-0.05, 0) is 35.2 Å². The van der Waals surface area contributed by atoms with Crippen LogP contribution in [0.3, 0.4) is 0 Å². The molecule has 124 valence electrons. The van der Waals surface area contributed by atoms with Gasteiger partial charge in [-0.1, -0.05) is 36.4 Å². The summed E-state index contributed by atoms with van der Waals surface area (Å²) >= 11 is 0. The van der Waals surface area contributed by atoms with E-state index >= 15 is 0 Å². The van der Waals surface area contributed by atoms with E-state index < -0.39 is 5.97 Å². The van der Waals surface area contributed by atoms with Gasteiger partial charge in [0.2, 0.25) is 5.91 Å². The molecule has 24 heavy (non-hydrogen) atoms. The minimum atomic E-state index is -1.01. The number of nitrogens with zero attached hydrogens (tertiary/aromatic N) is 1. The van der Waals surface area contributed by atoms with Gasteiger partial charge in [0.15, 0.2) is 6.61 Å². The van der Waals surface area contributed by atoms with Crippen LogP contribution in [-0.4, -0.2) is 35.5 Å². The van der Waals surface area contributed by atoms with Gasteiger partial charge in [0.25, 0.3) is 0 Å². The summed E-state index contributed by atoms with van der Waals surface area (Å²) in [5, 5.41) is 8.59. The van der Waals surface area contributed by atoms with E-state index in [4.69, 9.17) is 9.84 Å². The lowest BCUT2D eigenvalue weighted by atomic mass is 9.77. The zero-order valence-corrected chi connectivity index (χ0v) is 13.4. The molecule has 0 spiro atoms. The van der Waals surface area contributed by atoms with Gasteiger partial charge >= 0.3 is 5.97 Å². The Bertz CT molecular complexity index is 754. The third-order valence-electron chi connectivity index (χ3n) is 4.23. The summed E-state index contributed by atoms with van der Waals surface area (Å²) in [4.78, 5) is 24.8. The predicted molar refractivity (Wildman–Crippen MR) is 88.9 cm³/mol. The molecule has 0 bridgehead atoms. The lowest BCUT2D eigenvalue weighted by Crippen LogP contribution is -2.36. The molecule has 1 aliphatic carbocycles. The molecular weight excluding hydrogens is 306 g/mol. The van der Waals surface area contributed by atoms with Gasteiger partial charge in [-0.15, -0.1) is 0 Å². The first kappa shape index (κ1) is 16.1. The monoisotopic (exact) mass is 325 g/mol. The fraction of sp³-hybridized carbons (Fsp3) is 0.263. The number of benzene rings is 2. The molecule has 1 atom stereocenters. The molecule has 2 aromatic rings. The van der Waals surface area contributed by atoms with Gasteiger partial charge in [-0.2, -0.15) is 0 Å². The molecule has 0 aromatic heterocycles. The van der Waals surface area contributed by atoms with Gasteiger partial charge in [0.05, 0.1) is 5.92 Å². The lowest BCUT2D eigenvalue weighted by Gasteiger charge is -2.32. The minimum Gasteiger partial charge on any atom is -0.482 e. The number of likely N-dealkylation sites (N-methyl/N-ethyl adjacent to an activating group) is 1. The van der Waals surface area contributed by atoms with Crippen LogP contribution in [-0.2, 0) is 22.6 Å². The largest absolute Gasteiger partial charge is 0.482 e. The molecule has 0 aliphatic heterocycles. The molecule has 2 aromatic carbocycles. The Hall–Kier alpha value is -2.82. The van der Waals surface area contributed by atoms with Crippen molar-refractivity contribution in [3.05, 3.63) is 65.2 Å². The van der Waals surface area contributed by atoms with Crippen LogP contribution in [0, 0.1) is 0 Å². The highest BCUT2D eigenvalue weighted by atomic mass is 16.5. The maximum atomic E-state index is 12.6. The van der Waals surface area contributed by atoms with Crippen molar-refractivity contribution >= 4 is 11.9 Å². The van der Waals surface area contributed by atoms with Gasteiger partial charge in [-0.3, -0.25) is 4.79 Å². The van der Waals surface area contributed by atoms with Crippen molar-refractivity contribution < 1.29 is 19.4 Å². The van der Waals surface area contributed by atoms with Crippen molar-refractivity contribution in [3.63, 3.8) is 0 Å². The summed E-state index contributed by atoms with van der Waals surface area (Å²) in [5.74, 6) is -0.419. The zero-order chi connectivity index (χ0) is 17.1. The highest BCUT2D eigenvalue weighted by molar-refractivity contribution is 5.86. The second-order valence-corrected chi connectivity index (χ2v) is 5.98. The summed E-state index contributed by atoms with van der Waals surface area (Å²) in [6.07, 6.45) is 0.807. The fourth-order valence-electron chi connectivity index (χ4n) is 2.93. The predicted octanol–water partition coefficient (Wildman–Crippen LogP) is 2.45. The Labute approximate surface area is 140 Å². The van der Waals surface area contributed by atoms with E-state index in [2.05, 4.69) is 6.07 Å². The molecule has 1 amide bonds. The first-order chi connectivity index (χ1) is 11.5. The van der Waals surface area contributed by atoms with Gasteiger partial charge in [-0.25, -0.2) is 4.79 Å². The van der Waals surface area contributed by atoms with E-state index in [0.717, 1.165) is 17.5 Å². The number of aliphatic carboxylic acids is 1.